The highest BCUT2D eigenvalue weighted by molar-refractivity contribution is 6.32. The summed E-state index contributed by atoms with van der Waals surface area (Å²) in [7, 11) is 1.34. The Morgan fingerprint density at radius 2 is 2.04 bits per heavy atom. The molecule has 1 aromatic rings. The quantitative estimate of drug-likeness (QED) is 0.333. The Kier molecular flexibility index (Phi) is 7.16. The summed E-state index contributed by atoms with van der Waals surface area (Å²) < 4.78 is 10.5. The van der Waals surface area contributed by atoms with Gasteiger partial charge in [0.05, 0.1) is 11.5 Å². The Bertz CT molecular complexity index is 635. The second kappa shape index (κ2) is 8.65. The van der Waals surface area contributed by atoms with Crippen LogP contribution >= 0.6 is 11.6 Å². The van der Waals surface area contributed by atoms with Crippen molar-refractivity contribution in [3.8, 4) is 6.01 Å². The molecule has 0 atom stereocenters. The number of ether oxygens (including phenoxy) is 2. The van der Waals surface area contributed by atoms with E-state index in [0.29, 0.717) is 6.61 Å². The van der Waals surface area contributed by atoms with E-state index in [0.717, 1.165) is 17.9 Å². The molecule has 140 valence electrons. The average Bonchev–Trinajstić information content (AvgIpc) is 2.44. The van der Waals surface area contributed by atoms with Gasteiger partial charge in [-0.15, -0.1) is 0 Å². The van der Waals surface area contributed by atoms with Crippen LogP contribution in [-0.4, -0.2) is 45.2 Å². The second-order valence-electron chi connectivity index (χ2n) is 6.10. The first-order valence-electron chi connectivity index (χ1n) is 7.63. The SMILES string of the molecule is CCCCOc1nc(Cl)c([N+](=O)[O-])c(NN(C)C(=O)OC(C)(C)C)n1. The molecule has 1 N–H and O–H groups in total. The first-order chi connectivity index (χ1) is 11.5. The van der Waals surface area contributed by atoms with Crippen molar-refractivity contribution in [3.05, 3.63) is 15.3 Å². The van der Waals surface area contributed by atoms with Crippen molar-refractivity contribution in [2.24, 2.45) is 0 Å². The number of unbranched alkanes of at least 4 members (excludes halogenated alkanes) is 1. The second-order valence-corrected chi connectivity index (χ2v) is 6.46. The number of aromatic nitrogens is 2. The number of hydrazine groups is 1. The van der Waals surface area contributed by atoms with Crippen molar-refractivity contribution in [2.75, 3.05) is 19.1 Å². The summed E-state index contributed by atoms with van der Waals surface area (Å²) in [6, 6.07) is -0.121. The number of carbonyl (C=O) groups excluding carboxylic acids is 1. The predicted octanol–water partition coefficient (Wildman–Crippen LogP) is 3.41. The number of nitrogens with zero attached hydrogens (tertiary/aromatic N) is 4. The van der Waals surface area contributed by atoms with Gasteiger partial charge in [-0.3, -0.25) is 15.5 Å². The van der Waals surface area contributed by atoms with Crippen molar-refractivity contribution in [1.82, 2.24) is 15.0 Å². The van der Waals surface area contributed by atoms with Gasteiger partial charge in [-0.05, 0) is 27.2 Å². The van der Waals surface area contributed by atoms with Gasteiger partial charge in [-0.25, -0.2) is 9.80 Å². The molecule has 1 amide bonds. The monoisotopic (exact) mass is 375 g/mol. The lowest BCUT2D eigenvalue weighted by Gasteiger charge is -2.25. The number of hydrogen-bond donors (Lipinski definition) is 1. The van der Waals surface area contributed by atoms with Gasteiger partial charge in [0.15, 0.2) is 0 Å². The largest absolute Gasteiger partial charge is 0.463 e. The molecule has 25 heavy (non-hydrogen) atoms. The third-order valence-electron chi connectivity index (χ3n) is 2.67. The van der Waals surface area contributed by atoms with Gasteiger partial charge in [0.2, 0.25) is 11.0 Å². The molecule has 10 nitrogen and oxygen atoms in total. The molecule has 0 aliphatic carbocycles. The van der Waals surface area contributed by atoms with E-state index in [1.165, 1.54) is 7.05 Å². The third-order valence-corrected chi connectivity index (χ3v) is 2.94. The minimum atomic E-state index is -0.747. The lowest BCUT2D eigenvalue weighted by Crippen LogP contribution is -2.38. The Morgan fingerprint density at radius 1 is 1.40 bits per heavy atom. The highest BCUT2D eigenvalue weighted by Crippen LogP contribution is 2.31. The third kappa shape index (κ3) is 6.57. The maximum absolute atomic E-state index is 12.0. The van der Waals surface area contributed by atoms with Gasteiger partial charge in [0, 0.05) is 7.05 Å². The average molecular weight is 376 g/mol. The van der Waals surface area contributed by atoms with E-state index < -0.39 is 27.5 Å². The maximum atomic E-state index is 12.0. The normalized spacial score (nSPS) is 11.0. The number of amides is 1. The minimum absolute atomic E-state index is 0.121. The molecule has 0 aliphatic heterocycles. The predicted molar refractivity (Wildman–Crippen MR) is 91.7 cm³/mol. The smallest absolute Gasteiger partial charge is 0.428 e. The van der Waals surface area contributed by atoms with E-state index in [9.17, 15) is 14.9 Å². The molecule has 1 aromatic heterocycles. The van der Waals surface area contributed by atoms with Crippen molar-refractivity contribution in [3.63, 3.8) is 0 Å². The van der Waals surface area contributed by atoms with Gasteiger partial charge in [0.25, 0.3) is 0 Å². The Balaban J connectivity index is 3.05. The fraction of sp³-hybridized carbons (Fsp3) is 0.643. The van der Waals surface area contributed by atoms with Gasteiger partial charge in [0.1, 0.15) is 5.60 Å². The lowest BCUT2D eigenvalue weighted by atomic mass is 10.2. The molecule has 0 radical (unpaired) electrons. The van der Waals surface area contributed by atoms with E-state index in [2.05, 4.69) is 15.4 Å². The number of rotatable bonds is 7. The fourth-order valence-electron chi connectivity index (χ4n) is 1.56. The van der Waals surface area contributed by atoms with Crippen molar-refractivity contribution in [1.29, 1.82) is 0 Å². The van der Waals surface area contributed by atoms with E-state index in [1.54, 1.807) is 20.8 Å². The molecule has 11 heteroatoms. The van der Waals surface area contributed by atoms with Gasteiger partial charge >= 0.3 is 17.8 Å². The summed E-state index contributed by atoms with van der Waals surface area (Å²) in [5, 5.41) is 11.7. The first-order valence-corrected chi connectivity index (χ1v) is 8.01. The van der Waals surface area contributed by atoms with Crippen molar-refractivity contribution in [2.45, 2.75) is 46.1 Å². The maximum Gasteiger partial charge on any atom is 0.428 e. The summed E-state index contributed by atoms with van der Waals surface area (Å²) >= 11 is 5.86. The first kappa shape index (κ1) is 20.7. The number of nitro groups is 1. The van der Waals surface area contributed by atoms with Crippen LogP contribution in [0.1, 0.15) is 40.5 Å². The molecular formula is C14H22ClN5O5. The molecule has 1 heterocycles. The number of anilines is 1. The zero-order valence-electron chi connectivity index (χ0n) is 14.8. The van der Waals surface area contributed by atoms with Crippen LogP contribution in [0.15, 0.2) is 0 Å². The van der Waals surface area contributed by atoms with Crippen LogP contribution in [0.2, 0.25) is 5.15 Å². The van der Waals surface area contributed by atoms with Crippen molar-refractivity contribution >= 4 is 29.2 Å². The Hall–Kier alpha value is -2.36. The molecule has 0 aromatic carbocycles. The molecular weight excluding hydrogens is 354 g/mol. The van der Waals surface area contributed by atoms with Crippen LogP contribution in [0.3, 0.4) is 0 Å². The van der Waals surface area contributed by atoms with Crippen LogP contribution < -0.4 is 10.2 Å². The van der Waals surface area contributed by atoms with Crippen LogP contribution in [0.4, 0.5) is 16.3 Å². The van der Waals surface area contributed by atoms with Crippen LogP contribution in [-0.2, 0) is 4.74 Å². The van der Waals surface area contributed by atoms with Gasteiger partial charge < -0.3 is 9.47 Å². The molecule has 0 spiro atoms. The summed E-state index contributed by atoms with van der Waals surface area (Å²) in [6.07, 6.45) is 0.913. The lowest BCUT2D eigenvalue weighted by molar-refractivity contribution is -0.384. The highest BCUT2D eigenvalue weighted by atomic mass is 35.5. The van der Waals surface area contributed by atoms with E-state index >= 15 is 0 Å². The molecule has 0 saturated carbocycles. The van der Waals surface area contributed by atoms with Crippen molar-refractivity contribution < 1.29 is 19.2 Å². The fourth-order valence-corrected chi connectivity index (χ4v) is 1.79. The van der Waals surface area contributed by atoms with Crippen LogP contribution in [0.25, 0.3) is 0 Å². The molecule has 1 rings (SSSR count). The Labute approximate surface area is 150 Å². The Morgan fingerprint density at radius 3 is 2.56 bits per heavy atom. The topological polar surface area (TPSA) is 120 Å². The zero-order chi connectivity index (χ0) is 19.2. The number of halogens is 1. The van der Waals surface area contributed by atoms with E-state index in [4.69, 9.17) is 21.1 Å². The molecule has 0 aliphatic rings. The molecule has 0 saturated heterocycles. The van der Waals surface area contributed by atoms with E-state index in [-0.39, 0.29) is 11.8 Å². The standard InChI is InChI=1S/C14H22ClN5O5/c1-6-7-8-24-12-16-10(15)9(20(22)23)11(17-12)18-19(5)13(21)25-14(2,3)4/h6-8H2,1-5H3,(H,16,17,18). The summed E-state index contributed by atoms with van der Waals surface area (Å²) in [4.78, 5) is 30.1. The summed E-state index contributed by atoms with van der Waals surface area (Å²) in [5.74, 6) is -0.273. The molecule has 0 fully saturated rings. The summed E-state index contributed by atoms with van der Waals surface area (Å²) in [6.45, 7) is 7.41. The van der Waals surface area contributed by atoms with E-state index in [1.807, 2.05) is 6.92 Å². The number of hydrogen-bond acceptors (Lipinski definition) is 8. The highest BCUT2D eigenvalue weighted by Gasteiger charge is 2.27. The summed E-state index contributed by atoms with van der Waals surface area (Å²) in [5.41, 5.74) is 1.19. The van der Waals surface area contributed by atoms with Crippen LogP contribution in [0.5, 0.6) is 6.01 Å². The molecule has 0 bridgehead atoms. The van der Waals surface area contributed by atoms with Crippen LogP contribution in [0, 0.1) is 10.1 Å². The molecule has 0 unspecified atom stereocenters. The zero-order valence-corrected chi connectivity index (χ0v) is 15.6. The number of carbonyl (C=O) groups is 1. The van der Waals surface area contributed by atoms with Gasteiger partial charge in [-0.2, -0.15) is 9.97 Å². The number of nitrogens with one attached hydrogen (secondary N) is 1. The van der Waals surface area contributed by atoms with Gasteiger partial charge in [-0.1, -0.05) is 24.9 Å². The minimum Gasteiger partial charge on any atom is -0.463 e.